The van der Waals surface area contributed by atoms with Gasteiger partial charge < -0.3 is 0 Å². The Hall–Kier alpha value is -2.94. The second-order valence-electron chi connectivity index (χ2n) is 5.20. The number of benzene rings is 2. The summed E-state index contributed by atoms with van der Waals surface area (Å²) in [4.78, 5) is 9.16. The molecule has 4 aromatic rings. The number of hydrogen-bond acceptors (Lipinski definition) is 2. The van der Waals surface area contributed by atoms with Gasteiger partial charge in [0.05, 0.1) is 22.4 Å². The predicted molar refractivity (Wildman–Crippen MR) is 83.3 cm³/mol. The van der Waals surface area contributed by atoms with Gasteiger partial charge in [-0.25, -0.2) is 4.98 Å². The molecule has 2 aromatic heterocycles. The third-order valence-electron chi connectivity index (χ3n) is 4.09. The minimum atomic E-state index is 1.00. The molecule has 0 radical (unpaired) electrons. The van der Waals surface area contributed by atoms with Crippen molar-refractivity contribution in [3.05, 3.63) is 67.1 Å². The van der Waals surface area contributed by atoms with E-state index >= 15 is 0 Å². The molecule has 5 rings (SSSR count). The zero-order chi connectivity index (χ0) is 13.8. The molecule has 0 fully saturated rings. The molecule has 0 aliphatic carbocycles. The molecule has 0 saturated heterocycles. The minimum absolute atomic E-state index is 1.00. The van der Waals surface area contributed by atoms with E-state index in [-0.39, 0.29) is 0 Å². The van der Waals surface area contributed by atoms with Crippen LogP contribution in [0.4, 0.5) is 0 Å². The average Bonchev–Trinajstić information content (AvgIpc) is 2.94. The molecule has 21 heavy (non-hydrogen) atoms. The molecular formula is C18H11N3. The standard InChI is InChI=1S/C18H11N3/c1-2-6-13-12(5-1)14-7-3-8-15-18(14)21(11-20-15)16-9-4-10-19-17(13)16/h1-11H. The van der Waals surface area contributed by atoms with Crippen LogP contribution in [0.5, 0.6) is 0 Å². The quantitative estimate of drug-likeness (QED) is 0.424. The third-order valence-corrected chi connectivity index (χ3v) is 4.09. The number of para-hydroxylation sites is 1. The number of aromatic nitrogens is 3. The summed E-state index contributed by atoms with van der Waals surface area (Å²) in [6.07, 6.45) is 3.74. The Balaban J connectivity index is 2.09. The van der Waals surface area contributed by atoms with Gasteiger partial charge in [-0.3, -0.25) is 9.55 Å². The summed E-state index contributed by atoms with van der Waals surface area (Å²) >= 11 is 0. The normalized spacial score (nSPS) is 11.8. The van der Waals surface area contributed by atoms with Gasteiger partial charge in [0.15, 0.2) is 0 Å². The summed E-state index contributed by atoms with van der Waals surface area (Å²) in [6, 6.07) is 18.8. The van der Waals surface area contributed by atoms with Crippen molar-refractivity contribution in [1.82, 2.24) is 14.5 Å². The number of hydrogen-bond donors (Lipinski definition) is 0. The van der Waals surface area contributed by atoms with Gasteiger partial charge in [-0.15, -0.1) is 0 Å². The predicted octanol–water partition coefficient (Wildman–Crippen LogP) is 4.07. The fourth-order valence-electron chi connectivity index (χ4n) is 3.19. The molecule has 0 saturated carbocycles. The number of nitrogens with zero attached hydrogens (tertiary/aromatic N) is 3. The van der Waals surface area contributed by atoms with E-state index in [1.165, 1.54) is 16.7 Å². The number of pyridine rings is 1. The fourth-order valence-corrected chi connectivity index (χ4v) is 3.19. The summed E-state index contributed by atoms with van der Waals surface area (Å²) in [6.45, 7) is 0. The lowest BCUT2D eigenvalue weighted by molar-refractivity contribution is 1.08. The molecule has 3 nitrogen and oxygen atoms in total. The molecule has 3 heterocycles. The molecule has 0 bridgehead atoms. The van der Waals surface area contributed by atoms with Gasteiger partial charge in [0.25, 0.3) is 0 Å². The highest BCUT2D eigenvalue weighted by atomic mass is 15.1. The van der Waals surface area contributed by atoms with Crippen molar-refractivity contribution in [2.24, 2.45) is 0 Å². The summed E-state index contributed by atoms with van der Waals surface area (Å²) in [5.41, 5.74) is 7.84. The molecule has 0 atom stereocenters. The van der Waals surface area contributed by atoms with Gasteiger partial charge in [0, 0.05) is 17.3 Å². The number of rotatable bonds is 0. The van der Waals surface area contributed by atoms with Gasteiger partial charge in [-0.1, -0.05) is 36.4 Å². The SMILES string of the molecule is c1ccc2c(c1)-c1ncccc1-n1cnc3cccc-2c31. The van der Waals surface area contributed by atoms with Gasteiger partial charge >= 0.3 is 0 Å². The van der Waals surface area contributed by atoms with Crippen molar-refractivity contribution < 1.29 is 0 Å². The van der Waals surface area contributed by atoms with E-state index in [9.17, 15) is 0 Å². The first-order valence-corrected chi connectivity index (χ1v) is 6.95. The number of fused-ring (bicyclic) bond motifs is 5. The highest BCUT2D eigenvalue weighted by Gasteiger charge is 2.21. The van der Waals surface area contributed by atoms with E-state index in [1.807, 2.05) is 18.6 Å². The van der Waals surface area contributed by atoms with E-state index in [0.29, 0.717) is 0 Å². The smallest absolute Gasteiger partial charge is 0.100 e. The van der Waals surface area contributed by atoms with Gasteiger partial charge in [-0.05, 0) is 23.8 Å². The lowest BCUT2D eigenvalue weighted by Gasteiger charge is -2.08. The van der Waals surface area contributed by atoms with Crippen LogP contribution in [-0.2, 0) is 0 Å². The molecule has 3 heteroatoms. The first kappa shape index (κ1) is 10.8. The van der Waals surface area contributed by atoms with Crippen molar-refractivity contribution in [3.8, 4) is 28.1 Å². The maximum Gasteiger partial charge on any atom is 0.100 e. The van der Waals surface area contributed by atoms with Crippen LogP contribution >= 0.6 is 0 Å². The summed E-state index contributed by atoms with van der Waals surface area (Å²) in [7, 11) is 0. The van der Waals surface area contributed by atoms with Crippen molar-refractivity contribution >= 4 is 11.0 Å². The molecule has 0 N–H and O–H groups in total. The van der Waals surface area contributed by atoms with Crippen LogP contribution in [-0.4, -0.2) is 14.5 Å². The van der Waals surface area contributed by atoms with Crippen LogP contribution in [0, 0.1) is 0 Å². The Bertz CT molecular complexity index is 998. The van der Waals surface area contributed by atoms with Gasteiger partial charge in [0.2, 0.25) is 0 Å². The van der Waals surface area contributed by atoms with Crippen LogP contribution in [0.1, 0.15) is 0 Å². The first-order chi connectivity index (χ1) is 10.4. The Morgan fingerprint density at radius 1 is 0.714 bits per heavy atom. The first-order valence-electron chi connectivity index (χ1n) is 6.95. The van der Waals surface area contributed by atoms with E-state index in [0.717, 1.165) is 22.4 Å². The average molecular weight is 269 g/mol. The molecule has 0 amide bonds. The van der Waals surface area contributed by atoms with Crippen LogP contribution in [0.2, 0.25) is 0 Å². The fraction of sp³-hybridized carbons (Fsp3) is 0. The van der Waals surface area contributed by atoms with Crippen LogP contribution in [0.25, 0.3) is 39.1 Å². The Kier molecular flexibility index (Phi) is 1.95. The van der Waals surface area contributed by atoms with Crippen molar-refractivity contribution in [1.29, 1.82) is 0 Å². The van der Waals surface area contributed by atoms with Gasteiger partial charge in [-0.2, -0.15) is 0 Å². The van der Waals surface area contributed by atoms with Crippen LogP contribution < -0.4 is 0 Å². The zero-order valence-electron chi connectivity index (χ0n) is 11.2. The highest BCUT2D eigenvalue weighted by molar-refractivity contribution is 6.01. The Morgan fingerprint density at radius 2 is 1.57 bits per heavy atom. The summed E-state index contributed by atoms with van der Waals surface area (Å²) in [5, 5.41) is 0. The maximum absolute atomic E-state index is 4.62. The zero-order valence-corrected chi connectivity index (χ0v) is 11.2. The maximum atomic E-state index is 4.62. The van der Waals surface area contributed by atoms with Crippen molar-refractivity contribution in [3.63, 3.8) is 0 Å². The molecule has 1 aliphatic rings. The molecular weight excluding hydrogens is 258 g/mol. The Morgan fingerprint density at radius 3 is 2.52 bits per heavy atom. The summed E-state index contributed by atoms with van der Waals surface area (Å²) in [5.74, 6) is 0. The topological polar surface area (TPSA) is 30.7 Å². The molecule has 98 valence electrons. The van der Waals surface area contributed by atoms with Crippen LogP contribution in [0.3, 0.4) is 0 Å². The van der Waals surface area contributed by atoms with E-state index in [1.54, 1.807) is 0 Å². The third kappa shape index (κ3) is 1.32. The lowest BCUT2D eigenvalue weighted by Crippen LogP contribution is -1.95. The van der Waals surface area contributed by atoms with E-state index in [4.69, 9.17) is 0 Å². The monoisotopic (exact) mass is 269 g/mol. The van der Waals surface area contributed by atoms with Crippen molar-refractivity contribution in [2.45, 2.75) is 0 Å². The van der Waals surface area contributed by atoms with E-state index < -0.39 is 0 Å². The van der Waals surface area contributed by atoms with Crippen LogP contribution in [0.15, 0.2) is 67.1 Å². The molecule has 0 spiro atoms. The minimum Gasteiger partial charge on any atom is -0.296 e. The van der Waals surface area contributed by atoms with Crippen molar-refractivity contribution in [2.75, 3.05) is 0 Å². The largest absolute Gasteiger partial charge is 0.296 e. The second-order valence-corrected chi connectivity index (χ2v) is 5.20. The molecule has 0 unspecified atom stereocenters. The molecule has 1 aliphatic heterocycles. The Labute approximate surface area is 121 Å². The summed E-state index contributed by atoms with van der Waals surface area (Å²) < 4.78 is 2.15. The molecule has 2 aromatic carbocycles. The van der Waals surface area contributed by atoms with E-state index in [2.05, 4.69) is 63.1 Å². The van der Waals surface area contributed by atoms with Gasteiger partial charge in [0.1, 0.15) is 6.33 Å². The lowest BCUT2D eigenvalue weighted by atomic mass is 9.97. The number of imidazole rings is 1. The second kappa shape index (κ2) is 3.79. The highest BCUT2D eigenvalue weighted by Crippen LogP contribution is 2.41.